The van der Waals surface area contributed by atoms with E-state index in [4.69, 9.17) is 32.7 Å². The monoisotopic (exact) mass is 409 g/mol. The minimum Gasteiger partial charge on any atom is -0.494 e. The van der Waals surface area contributed by atoms with Gasteiger partial charge in [0.2, 0.25) is 11.7 Å². The van der Waals surface area contributed by atoms with Gasteiger partial charge in [0.1, 0.15) is 0 Å². The summed E-state index contributed by atoms with van der Waals surface area (Å²) in [6.45, 7) is 2.85. The van der Waals surface area contributed by atoms with Crippen molar-refractivity contribution in [2.75, 3.05) is 12.4 Å². The number of benzene rings is 2. The molecule has 0 fully saturated rings. The van der Waals surface area contributed by atoms with E-state index in [9.17, 15) is 14.4 Å². The lowest BCUT2D eigenvalue weighted by Gasteiger charge is -2.14. The van der Waals surface area contributed by atoms with Gasteiger partial charge in [0.25, 0.3) is 0 Å². The van der Waals surface area contributed by atoms with Crippen LogP contribution < -0.4 is 10.1 Å². The topological polar surface area (TPSA) is 81.7 Å². The highest BCUT2D eigenvalue weighted by molar-refractivity contribution is 6.37. The minimum absolute atomic E-state index is 0.103. The number of ketones is 1. The molecule has 0 heterocycles. The Bertz CT molecular complexity index is 857. The fraction of sp³-hybridized carbons (Fsp3) is 0.211. The lowest BCUT2D eigenvalue weighted by atomic mass is 10.1. The number of rotatable bonds is 6. The summed E-state index contributed by atoms with van der Waals surface area (Å²) >= 11 is 12.0. The number of hydrogen-bond acceptors (Lipinski definition) is 5. The molecule has 2 rings (SSSR count). The minimum atomic E-state index is -1.02. The first-order chi connectivity index (χ1) is 12.7. The molecule has 2 aromatic rings. The van der Waals surface area contributed by atoms with Crippen molar-refractivity contribution >= 4 is 46.5 Å². The first-order valence-electron chi connectivity index (χ1n) is 7.88. The Kier molecular flexibility index (Phi) is 6.82. The van der Waals surface area contributed by atoms with Crippen molar-refractivity contribution in [1.29, 1.82) is 0 Å². The van der Waals surface area contributed by atoms with Crippen molar-refractivity contribution in [1.82, 2.24) is 0 Å². The first kappa shape index (κ1) is 20.7. The SMILES string of the molecule is COc1c(Cl)cc(C(=O)O[C@H](C)C(=O)c2ccc(NC(C)=O)cc2)cc1Cl. The van der Waals surface area contributed by atoms with E-state index in [0.717, 1.165) is 0 Å². The second-order valence-electron chi connectivity index (χ2n) is 5.64. The fourth-order valence-corrected chi connectivity index (χ4v) is 2.95. The van der Waals surface area contributed by atoms with Crippen molar-refractivity contribution in [2.45, 2.75) is 20.0 Å². The maximum absolute atomic E-state index is 12.4. The largest absolute Gasteiger partial charge is 0.494 e. The van der Waals surface area contributed by atoms with Gasteiger partial charge in [-0.2, -0.15) is 0 Å². The summed E-state index contributed by atoms with van der Waals surface area (Å²) in [7, 11) is 1.41. The van der Waals surface area contributed by atoms with Gasteiger partial charge in [-0.05, 0) is 43.3 Å². The molecule has 0 aliphatic carbocycles. The highest BCUT2D eigenvalue weighted by Gasteiger charge is 2.22. The van der Waals surface area contributed by atoms with Crippen molar-refractivity contribution < 1.29 is 23.9 Å². The molecule has 0 aliphatic rings. The summed E-state index contributed by atoms with van der Waals surface area (Å²) in [4.78, 5) is 35.8. The van der Waals surface area contributed by atoms with Gasteiger partial charge in [0.15, 0.2) is 11.9 Å². The number of ether oxygens (including phenoxy) is 2. The molecule has 2 aromatic carbocycles. The molecule has 0 bridgehead atoms. The molecule has 0 unspecified atom stereocenters. The molecule has 6 nitrogen and oxygen atoms in total. The number of amides is 1. The molecule has 27 heavy (non-hydrogen) atoms. The van der Waals surface area contributed by atoms with Crippen molar-refractivity contribution in [3.8, 4) is 5.75 Å². The molecule has 0 radical (unpaired) electrons. The van der Waals surface area contributed by atoms with Crippen LogP contribution in [0.1, 0.15) is 34.6 Å². The van der Waals surface area contributed by atoms with E-state index in [1.54, 1.807) is 24.3 Å². The normalized spacial score (nSPS) is 11.4. The Morgan fingerprint density at radius 1 is 1.00 bits per heavy atom. The second kappa shape index (κ2) is 8.88. The Hall–Kier alpha value is -2.57. The van der Waals surface area contributed by atoms with Gasteiger partial charge in [-0.1, -0.05) is 23.2 Å². The zero-order chi connectivity index (χ0) is 20.1. The van der Waals surface area contributed by atoms with E-state index in [-0.39, 0.29) is 33.0 Å². The maximum Gasteiger partial charge on any atom is 0.338 e. The molecule has 0 aromatic heterocycles. The standard InChI is InChI=1S/C19H17Cl2NO5/c1-10(17(24)12-4-6-14(7-5-12)22-11(2)23)27-19(25)13-8-15(20)18(26-3)16(21)9-13/h4-10H,1-3H3,(H,22,23)/t10-/m1/s1. The first-order valence-corrected chi connectivity index (χ1v) is 8.64. The van der Waals surface area contributed by atoms with Crippen LogP contribution in [0, 0.1) is 0 Å². The third kappa shape index (κ3) is 5.21. The number of halogens is 2. The van der Waals surface area contributed by atoms with Gasteiger partial charge in [-0.25, -0.2) is 4.79 Å². The molecule has 0 aliphatic heterocycles. The van der Waals surface area contributed by atoms with Crippen molar-refractivity contribution in [2.24, 2.45) is 0 Å². The second-order valence-corrected chi connectivity index (χ2v) is 6.46. The number of anilines is 1. The molecule has 142 valence electrons. The van der Waals surface area contributed by atoms with Gasteiger partial charge in [-0.15, -0.1) is 0 Å². The molecular weight excluding hydrogens is 393 g/mol. The fourth-order valence-electron chi connectivity index (χ4n) is 2.31. The lowest BCUT2D eigenvalue weighted by Crippen LogP contribution is -2.24. The average molecular weight is 410 g/mol. The van der Waals surface area contributed by atoms with E-state index in [1.807, 2.05) is 0 Å². The zero-order valence-corrected chi connectivity index (χ0v) is 16.4. The van der Waals surface area contributed by atoms with Crippen LogP contribution in [-0.2, 0) is 9.53 Å². The van der Waals surface area contributed by atoms with E-state index >= 15 is 0 Å². The quantitative estimate of drug-likeness (QED) is 0.564. The summed E-state index contributed by atoms with van der Waals surface area (Å²) in [6.07, 6.45) is -1.02. The molecule has 1 N–H and O–H groups in total. The van der Waals surface area contributed by atoms with Crippen LogP contribution in [0.4, 0.5) is 5.69 Å². The number of carbonyl (C=O) groups is 3. The number of nitrogens with one attached hydrogen (secondary N) is 1. The molecule has 0 saturated heterocycles. The van der Waals surface area contributed by atoms with E-state index in [1.165, 1.54) is 33.1 Å². The van der Waals surface area contributed by atoms with Gasteiger partial charge >= 0.3 is 5.97 Å². The molecular formula is C19H17Cl2NO5. The smallest absolute Gasteiger partial charge is 0.338 e. The van der Waals surface area contributed by atoms with Crippen LogP contribution in [0.5, 0.6) is 5.75 Å². The molecule has 1 atom stereocenters. The zero-order valence-electron chi connectivity index (χ0n) is 14.8. The Morgan fingerprint density at radius 2 is 1.56 bits per heavy atom. The number of esters is 1. The Morgan fingerprint density at radius 3 is 2.04 bits per heavy atom. The third-order valence-corrected chi connectivity index (χ3v) is 4.14. The lowest BCUT2D eigenvalue weighted by molar-refractivity contribution is -0.114. The predicted molar refractivity (Wildman–Crippen MR) is 103 cm³/mol. The number of carbonyl (C=O) groups excluding carboxylic acids is 3. The van der Waals surface area contributed by atoms with Crippen molar-refractivity contribution in [3.05, 3.63) is 57.6 Å². The van der Waals surface area contributed by atoms with E-state index < -0.39 is 12.1 Å². The maximum atomic E-state index is 12.4. The van der Waals surface area contributed by atoms with Crippen LogP contribution >= 0.6 is 23.2 Å². The van der Waals surface area contributed by atoms with Gasteiger partial charge in [0, 0.05) is 18.2 Å². The van der Waals surface area contributed by atoms with Crippen LogP contribution in [0.3, 0.4) is 0 Å². The highest BCUT2D eigenvalue weighted by Crippen LogP contribution is 2.34. The molecule has 0 spiro atoms. The van der Waals surface area contributed by atoms with Gasteiger partial charge in [-0.3, -0.25) is 9.59 Å². The van der Waals surface area contributed by atoms with Crippen LogP contribution in [0.25, 0.3) is 0 Å². The average Bonchev–Trinajstić information content (AvgIpc) is 2.60. The van der Waals surface area contributed by atoms with Crippen LogP contribution in [0.2, 0.25) is 10.0 Å². The molecule has 1 amide bonds. The third-order valence-electron chi connectivity index (χ3n) is 3.58. The molecule has 8 heteroatoms. The Balaban J connectivity index is 2.09. The Labute approximate surface area is 166 Å². The number of methoxy groups -OCH3 is 1. The van der Waals surface area contributed by atoms with E-state index in [0.29, 0.717) is 11.3 Å². The predicted octanol–water partition coefficient (Wildman–Crippen LogP) is 4.39. The summed E-state index contributed by atoms with van der Waals surface area (Å²) in [5.41, 5.74) is 1.01. The van der Waals surface area contributed by atoms with Gasteiger partial charge < -0.3 is 14.8 Å². The summed E-state index contributed by atoms with van der Waals surface area (Å²) in [5.74, 6) is -1.09. The van der Waals surface area contributed by atoms with Crippen LogP contribution in [-0.4, -0.2) is 30.9 Å². The highest BCUT2D eigenvalue weighted by atomic mass is 35.5. The van der Waals surface area contributed by atoms with E-state index in [2.05, 4.69) is 5.32 Å². The van der Waals surface area contributed by atoms with Gasteiger partial charge in [0.05, 0.1) is 22.7 Å². The summed E-state index contributed by atoms with van der Waals surface area (Å²) in [5, 5.41) is 2.92. The molecule has 0 saturated carbocycles. The number of Topliss-reactive ketones (excluding diaryl/α,β-unsaturated/α-hetero) is 1. The summed E-state index contributed by atoms with van der Waals surface area (Å²) in [6, 6.07) is 8.97. The van der Waals surface area contributed by atoms with Crippen molar-refractivity contribution in [3.63, 3.8) is 0 Å². The summed E-state index contributed by atoms with van der Waals surface area (Å²) < 4.78 is 10.2. The number of hydrogen-bond donors (Lipinski definition) is 1. The van der Waals surface area contributed by atoms with Crippen LogP contribution in [0.15, 0.2) is 36.4 Å².